The van der Waals surface area contributed by atoms with E-state index >= 15 is 0 Å². The number of ether oxygens (including phenoxy) is 1. The highest BCUT2D eigenvalue weighted by atomic mass is 79.9. The molecule has 1 N–H and O–H groups in total. The Balaban J connectivity index is 2.82. The summed E-state index contributed by atoms with van der Waals surface area (Å²) < 4.78 is 5.98. The molecule has 0 radical (unpaired) electrons. The first-order valence-electron chi connectivity index (χ1n) is 5.15. The van der Waals surface area contributed by atoms with E-state index in [9.17, 15) is 4.79 Å². The third-order valence-electron chi connectivity index (χ3n) is 1.86. The molecule has 0 aromatic heterocycles. The number of rotatable bonds is 3. The van der Waals surface area contributed by atoms with Crippen molar-refractivity contribution in [2.24, 2.45) is 0 Å². The van der Waals surface area contributed by atoms with Crippen LogP contribution >= 0.6 is 15.9 Å². The van der Waals surface area contributed by atoms with Gasteiger partial charge < -0.3 is 4.74 Å². The van der Waals surface area contributed by atoms with E-state index in [0.717, 1.165) is 4.47 Å². The van der Waals surface area contributed by atoms with Crippen molar-refractivity contribution in [3.8, 4) is 5.75 Å². The lowest BCUT2D eigenvalue weighted by molar-refractivity contribution is -0.0590. The molecule has 0 saturated heterocycles. The summed E-state index contributed by atoms with van der Waals surface area (Å²) in [5, 5.41) is 0. The van der Waals surface area contributed by atoms with Crippen molar-refractivity contribution in [3.05, 3.63) is 28.2 Å². The minimum absolute atomic E-state index is 0.329. The van der Waals surface area contributed by atoms with Crippen molar-refractivity contribution < 1.29 is 14.4 Å². The van der Waals surface area contributed by atoms with Gasteiger partial charge in [0.05, 0.1) is 18.3 Å². The second-order valence-corrected chi connectivity index (χ2v) is 5.41. The number of hydrogen-bond donors (Lipinski definition) is 1. The molecule has 94 valence electrons. The molecule has 1 aromatic carbocycles. The SMILES string of the molecule is COc1cc(Br)ccc1C(=O)NOC(C)(C)C. The zero-order chi connectivity index (χ0) is 13.1. The molecule has 0 aliphatic carbocycles. The van der Waals surface area contributed by atoms with Crippen LogP contribution in [0.3, 0.4) is 0 Å². The average Bonchev–Trinajstić information content (AvgIpc) is 2.24. The molecule has 0 atom stereocenters. The minimum atomic E-state index is -0.432. The van der Waals surface area contributed by atoms with Crippen LogP contribution in [0.4, 0.5) is 0 Å². The lowest BCUT2D eigenvalue weighted by atomic mass is 10.2. The largest absolute Gasteiger partial charge is 0.496 e. The van der Waals surface area contributed by atoms with Crippen LogP contribution in [0.2, 0.25) is 0 Å². The summed E-state index contributed by atoms with van der Waals surface area (Å²) in [6.45, 7) is 5.56. The molecule has 0 spiro atoms. The fourth-order valence-corrected chi connectivity index (χ4v) is 1.45. The summed E-state index contributed by atoms with van der Waals surface area (Å²) in [6, 6.07) is 5.17. The van der Waals surface area contributed by atoms with Crippen molar-refractivity contribution in [1.29, 1.82) is 0 Å². The number of benzene rings is 1. The quantitative estimate of drug-likeness (QED) is 0.873. The molecule has 0 aliphatic rings. The van der Waals surface area contributed by atoms with Gasteiger partial charge in [0.1, 0.15) is 5.75 Å². The van der Waals surface area contributed by atoms with Crippen LogP contribution in [-0.2, 0) is 4.84 Å². The van der Waals surface area contributed by atoms with Crippen LogP contribution in [-0.4, -0.2) is 18.6 Å². The van der Waals surface area contributed by atoms with E-state index in [1.54, 1.807) is 18.2 Å². The molecular formula is C12H16BrNO3. The Morgan fingerprint density at radius 2 is 2.00 bits per heavy atom. The number of methoxy groups -OCH3 is 1. The van der Waals surface area contributed by atoms with Gasteiger partial charge in [0.15, 0.2) is 0 Å². The van der Waals surface area contributed by atoms with Crippen LogP contribution in [0.15, 0.2) is 22.7 Å². The predicted octanol–water partition coefficient (Wildman–Crippen LogP) is 2.92. The van der Waals surface area contributed by atoms with Gasteiger partial charge in [-0.1, -0.05) is 15.9 Å². The monoisotopic (exact) mass is 301 g/mol. The van der Waals surface area contributed by atoms with Crippen LogP contribution < -0.4 is 10.2 Å². The first-order valence-corrected chi connectivity index (χ1v) is 5.94. The van der Waals surface area contributed by atoms with Gasteiger partial charge in [-0.25, -0.2) is 5.48 Å². The predicted molar refractivity (Wildman–Crippen MR) is 69.0 cm³/mol. The molecule has 0 bridgehead atoms. The lowest BCUT2D eigenvalue weighted by Gasteiger charge is -2.19. The number of amides is 1. The second-order valence-electron chi connectivity index (χ2n) is 4.49. The van der Waals surface area contributed by atoms with Crippen LogP contribution in [0.5, 0.6) is 5.75 Å². The first-order chi connectivity index (χ1) is 7.83. The van der Waals surface area contributed by atoms with Crippen molar-refractivity contribution in [3.63, 3.8) is 0 Å². The molecule has 17 heavy (non-hydrogen) atoms. The third-order valence-corrected chi connectivity index (χ3v) is 2.35. The Kier molecular flexibility index (Phi) is 4.54. The molecule has 1 aromatic rings. The van der Waals surface area contributed by atoms with Gasteiger partial charge in [0, 0.05) is 4.47 Å². The Morgan fingerprint density at radius 1 is 1.35 bits per heavy atom. The fraction of sp³-hybridized carbons (Fsp3) is 0.417. The number of hydroxylamine groups is 1. The van der Waals surface area contributed by atoms with Gasteiger partial charge in [-0.05, 0) is 39.0 Å². The Labute approximate surface area is 109 Å². The number of hydrogen-bond acceptors (Lipinski definition) is 3. The summed E-state index contributed by atoms with van der Waals surface area (Å²) in [6.07, 6.45) is 0. The van der Waals surface area contributed by atoms with Crippen LogP contribution in [0, 0.1) is 0 Å². The Hall–Kier alpha value is -1.07. The summed E-state index contributed by atoms with van der Waals surface area (Å²) in [5.74, 6) is 0.165. The highest BCUT2D eigenvalue weighted by Gasteiger charge is 2.16. The Bertz CT molecular complexity index is 413. The molecule has 5 heteroatoms. The van der Waals surface area contributed by atoms with Gasteiger partial charge in [-0.3, -0.25) is 9.63 Å². The lowest BCUT2D eigenvalue weighted by Crippen LogP contribution is -2.33. The normalized spacial score (nSPS) is 11.1. The molecule has 0 saturated carbocycles. The summed E-state index contributed by atoms with van der Waals surface area (Å²) >= 11 is 3.31. The maximum absolute atomic E-state index is 11.9. The topological polar surface area (TPSA) is 47.6 Å². The molecule has 0 aliphatic heterocycles. The summed E-state index contributed by atoms with van der Waals surface area (Å²) in [4.78, 5) is 17.1. The van der Waals surface area contributed by atoms with Crippen LogP contribution in [0.1, 0.15) is 31.1 Å². The maximum Gasteiger partial charge on any atom is 0.278 e. The van der Waals surface area contributed by atoms with E-state index in [2.05, 4.69) is 21.4 Å². The van der Waals surface area contributed by atoms with E-state index in [1.165, 1.54) is 7.11 Å². The smallest absolute Gasteiger partial charge is 0.278 e. The van der Waals surface area contributed by atoms with E-state index in [1.807, 2.05) is 20.8 Å². The molecule has 0 unspecified atom stereocenters. The molecular weight excluding hydrogens is 286 g/mol. The molecule has 0 fully saturated rings. The number of halogens is 1. The van der Waals surface area contributed by atoms with Crippen molar-refractivity contribution in [2.75, 3.05) is 7.11 Å². The van der Waals surface area contributed by atoms with Gasteiger partial charge in [0.25, 0.3) is 5.91 Å². The maximum atomic E-state index is 11.9. The highest BCUT2D eigenvalue weighted by molar-refractivity contribution is 9.10. The van der Waals surface area contributed by atoms with Gasteiger partial charge in [-0.2, -0.15) is 0 Å². The first kappa shape index (κ1) is 14.0. The van der Waals surface area contributed by atoms with Gasteiger partial charge in [-0.15, -0.1) is 0 Å². The van der Waals surface area contributed by atoms with Crippen LogP contribution in [0.25, 0.3) is 0 Å². The molecule has 1 amide bonds. The standard InChI is InChI=1S/C12H16BrNO3/c1-12(2,3)17-14-11(15)9-6-5-8(13)7-10(9)16-4/h5-7H,1-4H3,(H,14,15). The van der Waals surface area contributed by atoms with E-state index in [-0.39, 0.29) is 5.91 Å². The fourth-order valence-electron chi connectivity index (χ4n) is 1.11. The molecule has 1 rings (SSSR count). The second kappa shape index (κ2) is 5.51. The van der Waals surface area contributed by atoms with E-state index in [0.29, 0.717) is 11.3 Å². The van der Waals surface area contributed by atoms with Crippen molar-refractivity contribution in [1.82, 2.24) is 5.48 Å². The van der Waals surface area contributed by atoms with Crippen molar-refractivity contribution in [2.45, 2.75) is 26.4 Å². The zero-order valence-corrected chi connectivity index (χ0v) is 11.9. The van der Waals surface area contributed by atoms with Crippen molar-refractivity contribution >= 4 is 21.8 Å². The zero-order valence-electron chi connectivity index (χ0n) is 10.3. The number of carbonyl (C=O) groups excluding carboxylic acids is 1. The van der Waals surface area contributed by atoms with E-state index < -0.39 is 5.60 Å². The highest BCUT2D eigenvalue weighted by Crippen LogP contribution is 2.23. The summed E-state index contributed by atoms with van der Waals surface area (Å²) in [5.41, 5.74) is 2.40. The summed E-state index contributed by atoms with van der Waals surface area (Å²) in [7, 11) is 1.52. The van der Waals surface area contributed by atoms with Gasteiger partial charge in [0.2, 0.25) is 0 Å². The molecule has 4 nitrogen and oxygen atoms in total. The Morgan fingerprint density at radius 3 is 2.53 bits per heavy atom. The number of nitrogens with one attached hydrogen (secondary N) is 1. The minimum Gasteiger partial charge on any atom is -0.496 e. The van der Waals surface area contributed by atoms with E-state index in [4.69, 9.17) is 9.57 Å². The average molecular weight is 302 g/mol. The third kappa shape index (κ3) is 4.36. The molecule has 0 heterocycles. The van der Waals surface area contributed by atoms with Gasteiger partial charge >= 0.3 is 0 Å². The number of carbonyl (C=O) groups is 1.